The molecular weight excluding hydrogens is 304 g/mol. The van der Waals surface area contributed by atoms with Gasteiger partial charge < -0.3 is 5.73 Å². The molecule has 3 rings (SSSR count). The van der Waals surface area contributed by atoms with Crippen LogP contribution in [0.1, 0.15) is 11.3 Å². The zero-order valence-corrected chi connectivity index (χ0v) is 12.3. The van der Waals surface area contributed by atoms with Crippen LogP contribution in [-0.2, 0) is 0 Å². The predicted octanol–water partition coefficient (Wildman–Crippen LogP) is 3.38. The molecule has 0 unspecified atom stereocenters. The van der Waals surface area contributed by atoms with E-state index in [-0.39, 0.29) is 0 Å². The van der Waals surface area contributed by atoms with Crippen LogP contribution in [0, 0.1) is 13.8 Å². The Kier molecular flexibility index (Phi) is 2.78. The van der Waals surface area contributed by atoms with Crippen LogP contribution in [-0.4, -0.2) is 14.5 Å². The lowest BCUT2D eigenvalue weighted by atomic mass is 10.2. The van der Waals surface area contributed by atoms with E-state index in [1.807, 2.05) is 19.1 Å². The first kappa shape index (κ1) is 12.2. The Hall–Kier alpha value is -1.88. The third kappa shape index (κ3) is 1.81. The zero-order chi connectivity index (χ0) is 13.6. The second kappa shape index (κ2) is 4.35. The van der Waals surface area contributed by atoms with Gasteiger partial charge in [0.05, 0.1) is 5.39 Å². The van der Waals surface area contributed by atoms with Crippen LogP contribution in [0.15, 0.2) is 35.1 Å². The Balaban J connectivity index is 2.42. The molecule has 3 aromatic rings. The Labute approximate surface area is 119 Å². The van der Waals surface area contributed by atoms with Crippen LogP contribution in [0.25, 0.3) is 16.7 Å². The fourth-order valence-corrected chi connectivity index (χ4v) is 2.74. The van der Waals surface area contributed by atoms with Crippen molar-refractivity contribution in [1.29, 1.82) is 0 Å². The second-order valence-corrected chi connectivity index (χ2v) is 5.40. The maximum atomic E-state index is 5.97. The zero-order valence-electron chi connectivity index (χ0n) is 10.7. The van der Waals surface area contributed by atoms with E-state index in [9.17, 15) is 0 Å². The molecule has 0 bridgehead atoms. The predicted molar refractivity (Wildman–Crippen MR) is 80.5 cm³/mol. The van der Waals surface area contributed by atoms with Crippen molar-refractivity contribution in [2.24, 2.45) is 0 Å². The smallest absolute Gasteiger partial charge is 0.150 e. The van der Waals surface area contributed by atoms with Crippen molar-refractivity contribution in [3.63, 3.8) is 0 Å². The average Bonchev–Trinajstić information content (AvgIpc) is 2.63. The van der Waals surface area contributed by atoms with Crippen molar-refractivity contribution in [3.8, 4) is 5.69 Å². The summed E-state index contributed by atoms with van der Waals surface area (Å²) in [5, 5.41) is 0.931. The number of hydrogen-bond acceptors (Lipinski definition) is 3. The minimum atomic E-state index is 0.527. The Bertz CT molecular complexity index is 776. The molecule has 2 aromatic heterocycles. The van der Waals surface area contributed by atoms with Gasteiger partial charge in [0.15, 0.2) is 5.65 Å². The standard InChI is InChI=1S/C14H13BrN4/c1-8-9(2)19(11-5-3-4-10(15)6-11)14-12(8)13(16)17-7-18-14/h3-7H,1-2H3,(H2,16,17,18). The van der Waals surface area contributed by atoms with Crippen molar-refractivity contribution in [3.05, 3.63) is 46.3 Å². The van der Waals surface area contributed by atoms with Gasteiger partial charge in [0.25, 0.3) is 0 Å². The number of aromatic nitrogens is 3. The third-order valence-corrected chi connectivity index (χ3v) is 3.88. The Morgan fingerprint density at radius 2 is 2.00 bits per heavy atom. The normalized spacial score (nSPS) is 11.1. The number of benzene rings is 1. The summed E-state index contributed by atoms with van der Waals surface area (Å²) in [6.45, 7) is 4.11. The first-order chi connectivity index (χ1) is 9.09. The molecule has 0 spiro atoms. The molecule has 2 N–H and O–H groups in total. The van der Waals surface area contributed by atoms with Crippen molar-refractivity contribution in [2.75, 3.05) is 5.73 Å². The second-order valence-electron chi connectivity index (χ2n) is 4.48. The molecule has 4 nitrogen and oxygen atoms in total. The topological polar surface area (TPSA) is 56.7 Å². The molecule has 0 saturated carbocycles. The van der Waals surface area contributed by atoms with Gasteiger partial charge in [0.2, 0.25) is 0 Å². The number of nitrogen functional groups attached to an aromatic ring is 1. The van der Waals surface area contributed by atoms with Gasteiger partial charge in [-0.3, -0.25) is 4.57 Å². The van der Waals surface area contributed by atoms with Gasteiger partial charge >= 0.3 is 0 Å². The highest BCUT2D eigenvalue weighted by Gasteiger charge is 2.16. The highest BCUT2D eigenvalue weighted by atomic mass is 79.9. The number of aryl methyl sites for hydroxylation is 1. The molecular formula is C14H13BrN4. The van der Waals surface area contributed by atoms with Gasteiger partial charge in [-0.25, -0.2) is 9.97 Å². The third-order valence-electron chi connectivity index (χ3n) is 3.39. The molecule has 19 heavy (non-hydrogen) atoms. The molecule has 0 radical (unpaired) electrons. The minimum Gasteiger partial charge on any atom is -0.383 e. The first-order valence-electron chi connectivity index (χ1n) is 5.93. The lowest BCUT2D eigenvalue weighted by Gasteiger charge is -2.08. The number of rotatable bonds is 1. The fourth-order valence-electron chi connectivity index (χ4n) is 2.36. The summed E-state index contributed by atoms with van der Waals surface area (Å²) in [6, 6.07) is 8.12. The fraction of sp³-hybridized carbons (Fsp3) is 0.143. The SMILES string of the molecule is Cc1c(C)n(-c2cccc(Br)c2)c2ncnc(N)c12. The minimum absolute atomic E-state index is 0.527. The average molecular weight is 317 g/mol. The van der Waals surface area contributed by atoms with Gasteiger partial charge in [-0.05, 0) is 37.6 Å². The molecule has 96 valence electrons. The quantitative estimate of drug-likeness (QED) is 0.748. The van der Waals surface area contributed by atoms with E-state index in [1.54, 1.807) is 0 Å². The van der Waals surface area contributed by atoms with Crippen LogP contribution >= 0.6 is 15.9 Å². The number of nitrogens with two attached hydrogens (primary N) is 1. The molecule has 0 aliphatic carbocycles. The van der Waals surface area contributed by atoms with Gasteiger partial charge in [0.1, 0.15) is 12.1 Å². The summed E-state index contributed by atoms with van der Waals surface area (Å²) < 4.78 is 3.14. The van der Waals surface area contributed by atoms with E-state index in [0.717, 1.165) is 32.5 Å². The summed E-state index contributed by atoms with van der Waals surface area (Å²) in [6.07, 6.45) is 1.50. The van der Waals surface area contributed by atoms with Crippen LogP contribution in [0.3, 0.4) is 0 Å². The monoisotopic (exact) mass is 316 g/mol. The summed E-state index contributed by atoms with van der Waals surface area (Å²) in [7, 11) is 0. The largest absolute Gasteiger partial charge is 0.383 e. The highest BCUT2D eigenvalue weighted by Crippen LogP contribution is 2.30. The number of hydrogen-bond donors (Lipinski definition) is 1. The van der Waals surface area contributed by atoms with E-state index in [4.69, 9.17) is 5.73 Å². The van der Waals surface area contributed by atoms with Gasteiger partial charge in [-0.1, -0.05) is 22.0 Å². The molecule has 0 aliphatic heterocycles. The number of halogens is 1. The maximum absolute atomic E-state index is 5.97. The number of anilines is 1. The van der Waals surface area contributed by atoms with E-state index in [0.29, 0.717) is 5.82 Å². The maximum Gasteiger partial charge on any atom is 0.150 e. The lowest BCUT2D eigenvalue weighted by Crippen LogP contribution is -1.99. The molecule has 0 fully saturated rings. The summed E-state index contributed by atoms with van der Waals surface area (Å²) >= 11 is 3.50. The Morgan fingerprint density at radius 3 is 2.74 bits per heavy atom. The molecule has 1 aromatic carbocycles. The summed E-state index contributed by atoms with van der Waals surface area (Å²) in [4.78, 5) is 8.46. The molecule has 2 heterocycles. The molecule has 0 atom stereocenters. The van der Waals surface area contributed by atoms with Crippen molar-refractivity contribution in [2.45, 2.75) is 13.8 Å². The Morgan fingerprint density at radius 1 is 1.21 bits per heavy atom. The molecule has 0 saturated heterocycles. The molecule has 0 aliphatic rings. The number of fused-ring (bicyclic) bond motifs is 1. The van der Waals surface area contributed by atoms with Crippen molar-refractivity contribution >= 4 is 32.8 Å². The van der Waals surface area contributed by atoms with Gasteiger partial charge in [0, 0.05) is 15.9 Å². The van der Waals surface area contributed by atoms with E-state index >= 15 is 0 Å². The first-order valence-corrected chi connectivity index (χ1v) is 6.73. The van der Waals surface area contributed by atoms with Crippen LogP contribution in [0.2, 0.25) is 0 Å². The molecule has 5 heteroatoms. The van der Waals surface area contributed by atoms with Crippen LogP contribution in [0.5, 0.6) is 0 Å². The van der Waals surface area contributed by atoms with Crippen LogP contribution < -0.4 is 5.73 Å². The molecule has 0 amide bonds. The van der Waals surface area contributed by atoms with E-state index in [2.05, 4.69) is 49.5 Å². The van der Waals surface area contributed by atoms with Crippen molar-refractivity contribution in [1.82, 2.24) is 14.5 Å². The lowest BCUT2D eigenvalue weighted by molar-refractivity contribution is 1.01. The summed E-state index contributed by atoms with van der Waals surface area (Å²) in [5.41, 5.74) is 10.1. The van der Waals surface area contributed by atoms with E-state index < -0.39 is 0 Å². The summed E-state index contributed by atoms with van der Waals surface area (Å²) in [5.74, 6) is 0.527. The van der Waals surface area contributed by atoms with Crippen LogP contribution in [0.4, 0.5) is 5.82 Å². The van der Waals surface area contributed by atoms with Gasteiger partial charge in [-0.2, -0.15) is 0 Å². The highest BCUT2D eigenvalue weighted by molar-refractivity contribution is 9.10. The number of nitrogens with zero attached hydrogens (tertiary/aromatic N) is 3. The van der Waals surface area contributed by atoms with E-state index in [1.165, 1.54) is 6.33 Å². The van der Waals surface area contributed by atoms with Crippen molar-refractivity contribution < 1.29 is 0 Å². The van der Waals surface area contributed by atoms with Gasteiger partial charge in [-0.15, -0.1) is 0 Å².